The second kappa shape index (κ2) is 6.81. The number of hydrogen-bond acceptors (Lipinski definition) is 2. The van der Waals surface area contributed by atoms with Crippen LogP contribution in [0, 0.1) is 17.3 Å². The molecule has 2 atom stereocenters. The van der Waals surface area contributed by atoms with Gasteiger partial charge in [0.15, 0.2) is 0 Å². The van der Waals surface area contributed by atoms with E-state index in [1.807, 2.05) is 0 Å². The Labute approximate surface area is 130 Å². The lowest BCUT2D eigenvalue weighted by Gasteiger charge is -2.41. The van der Waals surface area contributed by atoms with Crippen molar-refractivity contribution in [3.63, 3.8) is 0 Å². The maximum absolute atomic E-state index is 12.2. The molecule has 0 aromatic rings. The molecule has 0 aromatic heterocycles. The average molecular weight is 291 g/mol. The van der Waals surface area contributed by atoms with Gasteiger partial charge in [0.25, 0.3) is 0 Å². The van der Waals surface area contributed by atoms with Crippen molar-refractivity contribution in [2.45, 2.75) is 77.6 Å². The summed E-state index contributed by atoms with van der Waals surface area (Å²) in [5.41, 5.74) is 0.706. The van der Waals surface area contributed by atoms with Crippen LogP contribution in [0.15, 0.2) is 0 Å². The molecule has 2 unspecified atom stereocenters. The third kappa shape index (κ3) is 3.70. The SMILES string of the molecule is CCCC1CCC(=O)C(CN2CCC3(CCCC3)CC2)C1. The van der Waals surface area contributed by atoms with Crippen molar-refractivity contribution in [1.29, 1.82) is 0 Å². The van der Waals surface area contributed by atoms with Crippen LogP contribution in [0.2, 0.25) is 0 Å². The third-order valence-corrected chi connectivity index (χ3v) is 6.63. The molecule has 2 heteroatoms. The van der Waals surface area contributed by atoms with E-state index in [0.717, 1.165) is 25.3 Å². The summed E-state index contributed by atoms with van der Waals surface area (Å²) in [6, 6.07) is 0. The van der Waals surface area contributed by atoms with Crippen molar-refractivity contribution in [3.05, 3.63) is 0 Å². The molecule has 1 aliphatic heterocycles. The Bertz CT molecular complexity index is 349. The summed E-state index contributed by atoms with van der Waals surface area (Å²) >= 11 is 0. The lowest BCUT2D eigenvalue weighted by molar-refractivity contribution is -0.126. The Kier molecular flexibility index (Phi) is 5.03. The summed E-state index contributed by atoms with van der Waals surface area (Å²) < 4.78 is 0. The van der Waals surface area contributed by atoms with Gasteiger partial charge in [-0.1, -0.05) is 32.6 Å². The standard InChI is InChI=1S/C19H33NO/c1-2-5-16-6-7-18(21)17(14-16)15-20-12-10-19(11-13-20)8-3-4-9-19/h16-17H,2-15H2,1H3. The van der Waals surface area contributed by atoms with Crippen LogP contribution in [0.3, 0.4) is 0 Å². The lowest BCUT2D eigenvalue weighted by Crippen LogP contribution is -2.43. The van der Waals surface area contributed by atoms with Gasteiger partial charge in [-0.05, 0) is 62.9 Å². The molecular weight excluding hydrogens is 258 g/mol. The van der Waals surface area contributed by atoms with Gasteiger partial charge in [-0.2, -0.15) is 0 Å². The van der Waals surface area contributed by atoms with Gasteiger partial charge in [0.1, 0.15) is 5.78 Å². The number of carbonyl (C=O) groups excluding carboxylic acids is 1. The summed E-state index contributed by atoms with van der Waals surface area (Å²) in [6.07, 6.45) is 14.4. The first-order valence-corrected chi connectivity index (χ1v) is 9.46. The fourth-order valence-electron chi connectivity index (χ4n) is 5.20. The summed E-state index contributed by atoms with van der Waals surface area (Å²) in [5.74, 6) is 1.74. The third-order valence-electron chi connectivity index (χ3n) is 6.63. The summed E-state index contributed by atoms with van der Waals surface area (Å²) in [7, 11) is 0. The summed E-state index contributed by atoms with van der Waals surface area (Å²) in [6.45, 7) is 5.84. The molecule has 1 spiro atoms. The molecule has 3 aliphatic rings. The maximum Gasteiger partial charge on any atom is 0.137 e. The fourth-order valence-corrected chi connectivity index (χ4v) is 5.20. The summed E-state index contributed by atoms with van der Waals surface area (Å²) in [5, 5.41) is 0. The smallest absolute Gasteiger partial charge is 0.137 e. The zero-order valence-electron chi connectivity index (χ0n) is 13.9. The monoisotopic (exact) mass is 291 g/mol. The minimum Gasteiger partial charge on any atom is -0.303 e. The van der Waals surface area contributed by atoms with Crippen LogP contribution in [0.1, 0.15) is 77.6 Å². The molecule has 3 fully saturated rings. The molecular formula is C19H33NO. The quantitative estimate of drug-likeness (QED) is 0.764. The molecule has 120 valence electrons. The molecule has 0 radical (unpaired) electrons. The number of hydrogen-bond donors (Lipinski definition) is 0. The molecule has 3 rings (SSSR count). The van der Waals surface area contributed by atoms with E-state index in [1.54, 1.807) is 0 Å². The predicted molar refractivity (Wildman–Crippen MR) is 87.3 cm³/mol. The van der Waals surface area contributed by atoms with Crippen LogP contribution in [-0.4, -0.2) is 30.3 Å². The van der Waals surface area contributed by atoms with Crippen molar-refractivity contribution in [3.8, 4) is 0 Å². The zero-order valence-corrected chi connectivity index (χ0v) is 13.9. The molecule has 1 heterocycles. The molecule has 2 nitrogen and oxygen atoms in total. The van der Waals surface area contributed by atoms with E-state index < -0.39 is 0 Å². The van der Waals surface area contributed by atoms with Crippen LogP contribution in [-0.2, 0) is 4.79 Å². The number of rotatable bonds is 4. The highest BCUT2D eigenvalue weighted by atomic mass is 16.1. The van der Waals surface area contributed by atoms with Crippen molar-refractivity contribution in [2.75, 3.05) is 19.6 Å². The normalized spacial score (nSPS) is 33.7. The van der Waals surface area contributed by atoms with E-state index in [9.17, 15) is 4.79 Å². The Morgan fingerprint density at radius 1 is 1.14 bits per heavy atom. The molecule has 0 bridgehead atoms. The Morgan fingerprint density at radius 2 is 1.86 bits per heavy atom. The van der Waals surface area contributed by atoms with Gasteiger partial charge in [-0.3, -0.25) is 4.79 Å². The van der Waals surface area contributed by atoms with Crippen LogP contribution < -0.4 is 0 Å². The number of likely N-dealkylation sites (tertiary alicyclic amines) is 1. The number of nitrogens with zero attached hydrogens (tertiary/aromatic N) is 1. The van der Waals surface area contributed by atoms with E-state index >= 15 is 0 Å². The van der Waals surface area contributed by atoms with Gasteiger partial charge in [0.2, 0.25) is 0 Å². The zero-order chi connectivity index (χ0) is 14.7. The molecule has 1 saturated heterocycles. The highest BCUT2D eigenvalue weighted by Crippen LogP contribution is 2.46. The Hall–Kier alpha value is -0.370. The Balaban J connectivity index is 1.48. The van der Waals surface area contributed by atoms with Crippen LogP contribution in [0.4, 0.5) is 0 Å². The van der Waals surface area contributed by atoms with Gasteiger partial charge in [-0.15, -0.1) is 0 Å². The van der Waals surface area contributed by atoms with E-state index in [-0.39, 0.29) is 0 Å². The largest absolute Gasteiger partial charge is 0.303 e. The summed E-state index contributed by atoms with van der Waals surface area (Å²) in [4.78, 5) is 14.9. The predicted octanol–water partition coefficient (Wildman–Crippen LogP) is 4.43. The van der Waals surface area contributed by atoms with E-state index in [2.05, 4.69) is 11.8 Å². The Morgan fingerprint density at radius 3 is 2.52 bits per heavy atom. The second-order valence-corrected chi connectivity index (χ2v) is 8.10. The highest BCUT2D eigenvalue weighted by molar-refractivity contribution is 5.81. The van der Waals surface area contributed by atoms with Crippen LogP contribution >= 0.6 is 0 Å². The number of ketones is 1. The first-order valence-electron chi connectivity index (χ1n) is 9.46. The minimum absolute atomic E-state index is 0.355. The van der Waals surface area contributed by atoms with E-state index in [1.165, 1.54) is 70.9 Å². The number of Topliss-reactive ketones (excluding diaryl/α,β-unsaturated/α-hetero) is 1. The number of piperidine rings is 1. The van der Waals surface area contributed by atoms with Crippen molar-refractivity contribution in [1.82, 2.24) is 4.90 Å². The molecule has 2 aliphatic carbocycles. The van der Waals surface area contributed by atoms with Crippen molar-refractivity contribution < 1.29 is 4.79 Å². The topological polar surface area (TPSA) is 20.3 Å². The van der Waals surface area contributed by atoms with E-state index in [4.69, 9.17) is 0 Å². The molecule has 0 aromatic carbocycles. The second-order valence-electron chi connectivity index (χ2n) is 8.10. The van der Waals surface area contributed by atoms with Gasteiger partial charge in [0.05, 0.1) is 0 Å². The van der Waals surface area contributed by atoms with Crippen molar-refractivity contribution >= 4 is 5.78 Å². The molecule has 2 saturated carbocycles. The maximum atomic E-state index is 12.2. The lowest BCUT2D eigenvalue weighted by atomic mass is 9.75. The van der Waals surface area contributed by atoms with Gasteiger partial charge in [0, 0.05) is 18.9 Å². The van der Waals surface area contributed by atoms with Crippen molar-refractivity contribution in [2.24, 2.45) is 17.3 Å². The molecule has 21 heavy (non-hydrogen) atoms. The van der Waals surface area contributed by atoms with Gasteiger partial charge in [-0.25, -0.2) is 0 Å². The van der Waals surface area contributed by atoms with Crippen LogP contribution in [0.5, 0.6) is 0 Å². The minimum atomic E-state index is 0.355. The molecule has 0 N–H and O–H groups in total. The van der Waals surface area contributed by atoms with Gasteiger partial charge < -0.3 is 4.90 Å². The number of carbonyl (C=O) groups is 1. The van der Waals surface area contributed by atoms with E-state index in [0.29, 0.717) is 17.1 Å². The average Bonchev–Trinajstić information content (AvgIpc) is 2.94. The first kappa shape index (κ1) is 15.5. The first-order chi connectivity index (χ1) is 10.2. The highest BCUT2D eigenvalue weighted by Gasteiger charge is 2.38. The fraction of sp³-hybridized carbons (Fsp3) is 0.947. The molecule has 0 amide bonds. The van der Waals surface area contributed by atoms with Crippen LogP contribution in [0.25, 0.3) is 0 Å². The van der Waals surface area contributed by atoms with Gasteiger partial charge >= 0.3 is 0 Å².